The van der Waals surface area contributed by atoms with Gasteiger partial charge in [-0.05, 0) is 79.3 Å². The second kappa shape index (κ2) is 11.5. The van der Waals surface area contributed by atoms with Gasteiger partial charge >= 0.3 is 5.97 Å². The van der Waals surface area contributed by atoms with E-state index < -0.39 is 5.97 Å². The predicted molar refractivity (Wildman–Crippen MR) is 128 cm³/mol. The zero-order chi connectivity index (χ0) is 23.8. The third kappa shape index (κ3) is 5.55. The van der Waals surface area contributed by atoms with Crippen LogP contribution in [0.2, 0.25) is 0 Å². The van der Waals surface area contributed by atoms with E-state index in [9.17, 15) is 20.4 Å². The molecule has 1 fully saturated rings. The van der Waals surface area contributed by atoms with Crippen LogP contribution in [-0.2, 0) is 0 Å². The van der Waals surface area contributed by atoms with Gasteiger partial charge in [0.15, 0.2) is 0 Å². The zero-order valence-electron chi connectivity index (χ0n) is 19.6. The first kappa shape index (κ1) is 24.3. The van der Waals surface area contributed by atoms with Gasteiger partial charge in [-0.1, -0.05) is 44.7 Å². The zero-order valence-corrected chi connectivity index (χ0v) is 19.6. The minimum Gasteiger partial charge on any atom is -0.494 e. The molecule has 5 heteroatoms. The van der Waals surface area contributed by atoms with Crippen LogP contribution in [0.25, 0.3) is 11.1 Å². The molecule has 0 amide bonds. The van der Waals surface area contributed by atoms with Crippen LogP contribution in [0.4, 0.5) is 0 Å². The fraction of sp³-hybridized carbons (Fsp3) is 0.464. The monoisotopic (exact) mass is 444 g/mol. The third-order valence-electron chi connectivity index (χ3n) is 6.77. The van der Waals surface area contributed by atoms with E-state index in [2.05, 4.69) is 13.0 Å². The first-order chi connectivity index (χ1) is 16.0. The minimum absolute atomic E-state index is 0.0280. The largest absolute Gasteiger partial charge is 0.494 e. The SMILES string of the molecule is CCCCCC1CCC(c2c(-c3ccc(OCC)cc3)cc(C(=O)O)c(C#N)c2C#N)CC1. The molecule has 1 saturated carbocycles. The maximum absolute atomic E-state index is 11.9. The fourth-order valence-electron chi connectivity index (χ4n) is 5.08. The fourth-order valence-corrected chi connectivity index (χ4v) is 5.08. The minimum atomic E-state index is -1.19. The highest BCUT2D eigenvalue weighted by molar-refractivity contribution is 5.94. The summed E-state index contributed by atoms with van der Waals surface area (Å²) in [4.78, 5) is 11.9. The van der Waals surface area contributed by atoms with Gasteiger partial charge in [0.2, 0.25) is 0 Å². The molecule has 2 aromatic carbocycles. The van der Waals surface area contributed by atoms with Crippen LogP contribution in [0.1, 0.15) is 98.2 Å². The molecule has 0 saturated heterocycles. The van der Waals surface area contributed by atoms with Crippen LogP contribution in [0.15, 0.2) is 30.3 Å². The Morgan fingerprint density at radius 3 is 2.24 bits per heavy atom. The van der Waals surface area contributed by atoms with Gasteiger partial charge in [0.1, 0.15) is 17.9 Å². The standard InChI is InChI=1S/C28H32N2O3/c1-3-5-6-7-19-8-10-21(11-9-19)27-23(20-12-14-22(15-13-20)33-4-2)16-24(28(31)32)25(17-29)26(27)18-30/h12-16,19,21H,3-11H2,1-2H3,(H,31,32). The molecular formula is C28H32N2O3. The predicted octanol–water partition coefficient (Wildman–Crippen LogP) is 7.05. The van der Waals surface area contributed by atoms with Gasteiger partial charge in [-0.3, -0.25) is 0 Å². The Balaban J connectivity index is 2.05. The highest BCUT2D eigenvalue weighted by atomic mass is 16.5. The molecule has 1 N–H and O–H groups in total. The summed E-state index contributed by atoms with van der Waals surface area (Å²) in [5.74, 6) is 0.393. The van der Waals surface area contributed by atoms with E-state index in [0.717, 1.165) is 48.1 Å². The molecule has 0 atom stereocenters. The average Bonchev–Trinajstić information content (AvgIpc) is 2.84. The lowest BCUT2D eigenvalue weighted by Gasteiger charge is -2.31. The molecule has 0 unspecified atom stereocenters. The van der Waals surface area contributed by atoms with Gasteiger partial charge < -0.3 is 9.84 Å². The summed E-state index contributed by atoms with van der Waals surface area (Å²) in [6, 6.07) is 13.3. The van der Waals surface area contributed by atoms with Crippen molar-refractivity contribution in [3.8, 4) is 29.0 Å². The lowest BCUT2D eigenvalue weighted by molar-refractivity contribution is 0.0696. The van der Waals surface area contributed by atoms with Crippen LogP contribution in [-0.4, -0.2) is 17.7 Å². The van der Waals surface area contributed by atoms with Crippen molar-refractivity contribution >= 4 is 5.97 Å². The number of hydrogen-bond donors (Lipinski definition) is 1. The summed E-state index contributed by atoms with van der Waals surface area (Å²) in [6.45, 7) is 4.70. The van der Waals surface area contributed by atoms with Crippen molar-refractivity contribution in [3.05, 3.63) is 52.6 Å². The lowest BCUT2D eigenvalue weighted by atomic mass is 9.73. The van der Waals surface area contributed by atoms with Crippen LogP contribution >= 0.6 is 0 Å². The molecule has 5 nitrogen and oxygen atoms in total. The first-order valence-electron chi connectivity index (χ1n) is 12.0. The van der Waals surface area contributed by atoms with E-state index in [4.69, 9.17) is 4.74 Å². The number of nitrogens with zero attached hydrogens (tertiary/aromatic N) is 2. The van der Waals surface area contributed by atoms with E-state index >= 15 is 0 Å². The molecule has 172 valence electrons. The maximum Gasteiger partial charge on any atom is 0.337 e. The molecule has 0 spiro atoms. The lowest BCUT2D eigenvalue weighted by Crippen LogP contribution is -2.17. The van der Waals surface area contributed by atoms with Crippen molar-refractivity contribution < 1.29 is 14.6 Å². The van der Waals surface area contributed by atoms with E-state index in [0.29, 0.717) is 12.5 Å². The van der Waals surface area contributed by atoms with Crippen molar-refractivity contribution in [1.82, 2.24) is 0 Å². The highest BCUT2D eigenvalue weighted by Gasteiger charge is 2.30. The number of carboxylic acid groups (broad SMARTS) is 1. The smallest absolute Gasteiger partial charge is 0.337 e. The van der Waals surface area contributed by atoms with E-state index in [1.54, 1.807) is 6.07 Å². The Morgan fingerprint density at radius 1 is 1.03 bits per heavy atom. The number of unbranched alkanes of at least 4 members (excludes halogenated alkanes) is 2. The number of rotatable bonds is 9. The average molecular weight is 445 g/mol. The topological polar surface area (TPSA) is 94.1 Å². The molecule has 0 bridgehead atoms. The summed E-state index contributed by atoms with van der Waals surface area (Å²) in [5.41, 5.74) is 2.48. The normalized spacial score (nSPS) is 17.7. The molecule has 3 rings (SSSR count). The number of carboxylic acids is 1. The van der Waals surface area contributed by atoms with E-state index in [1.165, 1.54) is 25.7 Å². The van der Waals surface area contributed by atoms with E-state index in [-0.39, 0.29) is 22.6 Å². The maximum atomic E-state index is 11.9. The Hall–Kier alpha value is -3.31. The summed E-state index contributed by atoms with van der Waals surface area (Å²) in [5, 5.41) is 29.5. The van der Waals surface area contributed by atoms with Gasteiger partial charge in [-0.2, -0.15) is 10.5 Å². The molecular weight excluding hydrogens is 412 g/mol. The third-order valence-corrected chi connectivity index (χ3v) is 6.77. The van der Waals surface area contributed by atoms with Crippen molar-refractivity contribution in [1.29, 1.82) is 10.5 Å². The summed E-state index contributed by atoms with van der Waals surface area (Å²) >= 11 is 0. The van der Waals surface area contributed by atoms with Gasteiger partial charge in [-0.25, -0.2) is 4.79 Å². The number of carbonyl (C=O) groups is 1. The second-order valence-corrected chi connectivity index (χ2v) is 8.83. The van der Waals surface area contributed by atoms with Crippen molar-refractivity contribution in [2.75, 3.05) is 6.61 Å². The van der Waals surface area contributed by atoms with E-state index in [1.807, 2.05) is 37.3 Å². The molecule has 0 heterocycles. The second-order valence-electron chi connectivity index (χ2n) is 8.83. The van der Waals surface area contributed by atoms with Crippen LogP contribution in [0.5, 0.6) is 5.75 Å². The van der Waals surface area contributed by atoms with Gasteiger partial charge in [0, 0.05) is 0 Å². The van der Waals surface area contributed by atoms with Gasteiger partial charge in [-0.15, -0.1) is 0 Å². The number of aromatic carboxylic acids is 1. The quantitative estimate of drug-likeness (QED) is 0.418. The van der Waals surface area contributed by atoms with Crippen LogP contribution < -0.4 is 4.74 Å². The Bertz CT molecular complexity index is 1050. The van der Waals surface area contributed by atoms with Crippen molar-refractivity contribution in [3.63, 3.8) is 0 Å². The highest BCUT2D eigenvalue weighted by Crippen LogP contribution is 2.44. The van der Waals surface area contributed by atoms with Crippen molar-refractivity contribution in [2.24, 2.45) is 5.92 Å². The molecule has 1 aliphatic rings. The number of ether oxygens (including phenoxy) is 1. The Labute approximate surface area is 196 Å². The van der Waals surface area contributed by atoms with Gasteiger partial charge in [0.25, 0.3) is 0 Å². The summed E-state index contributed by atoms with van der Waals surface area (Å²) in [6.07, 6.45) is 9.10. The molecule has 0 radical (unpaired) electrons. The summed E-state index contributed by atoms with van der Waals surface area (Å²) in [7, 11) is 0. The van der Waals surface area contributed by atoms with Crippen LogP contribution in [0.3, 0.4) is 0 Å². The molecule has 0 aliphatic heterocycles. The van der Waals surface area contributed by atoms with Crippen molar-refractivity contribution in [2.45, 2.75) is 71.1 Å². The first-order valence-corrected chi connectivity index (χ1v) is 12.0. The molecule has 2 aromatic rings. The number of nitriles is 2. The van der Waals surface area contributed by atoms with Crippen LogP contribution in [0, 0.1) is 28.6 Å². The molecule has 1 aliphatic carbocycles. The molecule has 33 heavy (non-hydrogen) atoms. The summed E-state index contributed by atoms with van der Waals surface area (Å²) < 4.78 is 5.55. The number of benzene rings is 2. The number of hydrogen-bond acceptors (Lipinski definition) is 4. The Morgan fingerprint density at radius 2 is 1.70 bits per heavy atom. The molecule has 0 aromatic heterocycles. The van der Waals surface area contributed by atoms with Gasteiger partial charge in [0.05, 0.1) is 23.3 Å². The Kier molecular flexibility index (Phi) is 8.50.